The van der Waals surface area contributed by atoms with Crippen LogP contribution < -0.4 is 9.88 Å². The first-order chi connectivity index (χ1) is 7.46. The first-order valence-corrected chi connectivity index (χ1v) is 6.45. The second kappa shape index (κ2) is 5.14. The molecule has 16 heavy (non-hydrogen) atoms. The Kier molecular flexibility index (Phi) is 4.09. The van der Waals surface area contributed by atoms with Gasteiger partial charge >= 0.3 is 0 Å². The molecule has 0 fully saturated rings. The van der Waals surface area contributed by atoms with Gasteiger partial charge in [-0.05, 0) is 29.7 Å². The monoisotopic (exact) mass is 241 g/mol. The number of sulfonamides is 1. The molecule has 0 aromatic heterocycles. The number of benzene rings is 1. The summed E-state index contributed by atoms with van der Waals surface area (Å²) in [6.45, 7) is 1.87. The molecule has 0 saturated carbocycles. The normalized spacial score (nSPS) is 12.6. The number of nitrogens with two attached hydrogens (primary N) is 1. The SMILES string of the molecule is CCC(=CS(N)(=O)=O)c1cccc(OC)c1. The Hall–Kier alpha value is -1.33. The van der Waals surface area contributed by atoms with Gasteiger partial charge in [-0.25, -0.2) is 13.6 Å². The Balaban J connectivity index is 3.19. The molecule has 0 aliphatic carbocycles. The Morgan fingerprint density at radius 2 is 2.19 bits per heavy atom. The van der Waals surface area contributed by atoms with Crippen molar-refractivity contribution in [2.45, 2.75) is 13.3 Å². The van der Waals surface area contributed by atoms with E-state index in [1.54, 1.807) is 25.3 Å². The van der Waals surface area contributed by atoms with Crippen LogP contribution in [-0.4, -0.2) is 15.5 Å². The minimum atomic E-state index is -3.61. The number of hydrogen-bond acceptors (Lipinski definition) is 3. The Morgan fingerprint density at radius 3 is 2.69 bits per heavy atom. The topological polar surface area (TPSA) is 69.4 Å². The molecule has 0 radical (unpaired) electrons. The van der Waals surface area contributed by atoms with E-state index < -0.39 is 10.0 Å². The Labute approximate surface area is 95.8 Å². The molecule has 2 N–H and O–H groups in total. The summed E-state index contributed by atoms with van der Waals surface area (Å²) in [6.07, 6.45) is 0.587. The van der Waals surface area contributed by atoms with Crippen LogP contribution in [0.3, 0.4) is 0 Å². The number of allylic oxidation sites excluding steroid dienone is 1. The third-order valence-corrected chi connectivity index (χ3v) is 2.74. The van der Waals surface area contributed by atoms with Crippen molar-refractivity contribution in [1.29, 1.82) is 0 Å². The summed E-state index contributed by atoms with van der Waals surface area (Å²) in [5, 5.41) is 6.07. The minimum absolute atomic E-state index is 0.587. The van der Waals surface area contributed by atoms with Crippen LogP contribution >= 0.6 is 0 Å². The zero-order valence-corrected chi connectivity index (χ0v) is 10.1. The van der Waals surface area contributed by atoms with E-state index in [0.29, 0.717) is 17.7 Å². The van der Waals surface area contributed by atoms with Crippen molar-refractivity contribution >= 4 is 15.6 Å². The average Bonchev–Trinajstić information content (AvgIpc) is 2.25. The molecule has 0 heterocycles. The maximum absolute atomic E-state index is 11.0. The molecule has 1 aromatic rings. The molecule has 0 aliphatic heterocycles. The fraction of sp³-hybridized carbons (Fsp3) is 0.273. The molecule has 0 spiro atoms. The number of hydrogen-bond donors (Lipinski definition) is 1. The van der Waals surface area contributed by atoms with E-state index in [4.69, 9.17) is 9.88 Å². The van der Waals surface area contributed by atoms with E-state index in [2.05, 4.69) is 0 Å². The van der Waals surface area contributed by atoms with Crippen molar-refractivity contribution in [2.24, 2.45) is 5.14 Å². The van der Waals surface area contributed by atoms with Crippen molar-refractivity contribution in [1.82, 2.24) is 0 Å². The van der Waals surface area contributed by atoms with Gasteiger partial charge in [-0.2, -0.15) is 0 Å². The van der Waals surface area contributed by atoms with E-state index in [1.807, 2.05) is 13.0 Å². The van der Waals surface area contributed by atoms with E-state index in [-0.39, 0.29) is 0 Å². The molecule has 1 aromatic carbocycles. The quantitative estimate of drug-likeness (QED) is 0.872. The molecule has 0 saturated heterocycles. The van der Waals surface area contributed by atoms with Gasteiger partial charge in [-0.3, -0.25) is 0 Å². The van der Waals surface area contributed by atoms with Gasteiger partial charge in [0.15, 0.2) is 0 Å². The third-order valence-electron chi connectivity index (χ3n) is 2.13. The highest BCUT2D eigenvalue weighted by Gasteiger charge is 2.05. The van der Waals surface area contributed by atoms with Crippen LogP contribution in [-0.2, 0) is 10.0 Å². The maximum atomic E-state index is 11.0. The van der Waals surface area contributed by atoms with Crippen molar-refractivity contribution in [3.63, 3.8) is 0 Å². The summed E-state index contributed by atoms with van der Waals surface area (Å²) in [6, 6.07) is 7.21. The predicted octanol–water partition coefficient (Wildman–Crippen LogP) is 1.73. The molecule has 1 rings (SSSR count). The second-order valence-electron chi connectivity index (χ2n) is 3.32. The standard InChI is InChI=1S/C11H15NO3S/c1-3-9(8-16(12,13)14)10-5-4-6-11(7-10)15-2/h4-8H,3H2,1-2H3,(H2,12,13,14). The van der Waals surface area contributed by atoms with Crippen LogP contribution in [0.25, 0.3) is 5.57 Å². The number of ether oxygens (including phenoxy) is 1. The van der Waals surface area contributed by atoms with Crippen LogP contribution in [0, 0.1) is 0 Å². The van der Waals surface area contributed by atoms with Crippen LogP contribution in [0.15, 0.2) is 29.7 Å². The van der Waals surface area contributed by atoms with E-state index in [9.17, 15) is 8.42 Å². The lowest BCUT2D eigenvalue weighted by Crippen LogP contribution is -2.08. The summed E-state index contributed by atoms with van der Waals surface area (Å²) < 4.78 is 27.1. The van der Waals surface area contributed by atoms with Gasteiger partial charge in [0.05, 0.1) is 7.11 Å². The van der Waals surface area contributed by atoms with Crippen molar-refractivity contribution in [2.75, 3.05) is 7.11 Å². The highest BCUT2D eigenvalue weighted by molar-refractivity contribution is 7.92. The van der Waals surface area contributed by atoms with Crippen LogP contribution in [0.5, 0.6) is 5.75 Å². The summed E-state index contributed by atoms with van der Waals surface area (Å²) in [5.74, 6) is 0.686. The highest BCUT2D eigenvalue weighted by Crippen LogP contribution is 2.22. The molecule has 0 aliphatic rings. The van der Waals surface area contributed by atoms with Gasteiger partial charge < -0.3 is 4.74 Å². The summed E-state index contributed by atoms with van der Waals surface area (Å²) in [7, 11) is -2.04. The molecular weight excluding hydrogens is 226 g/mol. The number of methoxy groups -OCH3 is 1. The van der Waals surface area contributed by atoms with Crippen molar-refractivity contribution in [3.8, 4) is 5.75 Å². The third kappa shape index (κ3) is 3.67. The molecule has 0 amide bonds. The summed E-state index contributed by atoms with van der Waals surface area (Å²) >= 11 is 0. The molecule has 0 atom stereocenters. The number of rotatable bonds is 4. The fourth-order valence-electron chi connectivity index (χ4n) is 1.38. The maximum Gasteiger partial charge on any atom is 0.231 e. The average molecular weight is 241 g/mol. The molecule has 88 valence electrons. The van der Waals surface area contributed by atoms with E-state index in [0.717, 1.165) is 11.0 Å². The zero-order chi connectivity index (χ0) is 12.2. The lowest BCUT2D eigenvalue weighted by molar-refractivity contribution is 0.414. The van der Waals surface area contributed by atoms with Crippen molar-refractivity contribution < 1.29 is 13.2 Å². The van der Waals surface area contributed by atoms with Gasteiger partial charge in [0.25, 0.3) is 0 Å². The first kappa shape index (κ1) is 12.7. The fourth-order valence-corrected chi connectivity index (χ4v) is 2.08. The van der Waals surface area contributed by atoms with Crippen LogP contribution in [0.2, 0.25) is 0 Å². The van der Waals surface area contributed by atoms with Crippen molar-refractivity contribution in [3.05, 3.63) is 35.2 Å². The van der Waals surface area contributed by atoms with E-state index in [1.165, 1.54) is 0 Å². The smallest absolute Gasteiger partial charge is 0.231 e. The van der Waals surface area contributed by atoms with Gasteiger partial charge in [0, 0.05) is 5.41 Å². The van der Waals surface area contributed by atoms with Crippen LogP contribution in [0.1, 0.15) is 18.9 Å². The van der Waals surface area contributed by atoms with Crippen LogP contribution in [0.4, 0.5) is 0 Å². The molecule has 4 nitrogen and oxygen atoms in total. The zero-order valence-electron chi connectivity index (χ0n) is 9.30. The van der Waals surface area contributed by atoms with E-state index >= 15 is 0 Å². The first-order valence-electron chi connectivity index (χ1n) is 4.84. The second-order valence-corrected chi connectivity index (χ2v) is 4.73. The molecule has 0 unspecified atom stereocenters. The van der Waals surface area contributed by atoms with Gasteiger partial charge in [-0.1, -0.05) is 19.1 Å². The summed E-state index contributed by atoms with van der Waals surface area (Å²) in [4.78, 5) is 0. The van der Waals surface area contributed by atoms with Gasteiger partial charge in [0.1, 0.15) is 5.75 Å². The Morgan fingerprint density at radius 1 is 1.50 bits per heavy atom. The summed E-state index contributed by atoms with van der Waals surface area (Å²) in [5.41, 5.74) is 1.47. The molecule has 0 bridgehead atoms. The van der Waals surface area contributed by atoms with Gasteiger partial charge in [0.2, 0.25) is 10.0 Å². The molecule has 5 heteroatoms. The lowest BCUT2D eigenvalue weighted by Gasteiger charge is -2.06. The highest BCUT2D eigenvalue weighted by atomic mass is 32.2. The number of primary sulfonamides is 1. The minimum Gasteiger partial charge on any atom is -0.497 e. The van der Waals surface area contributed by atoms with Gasteiger partial charge in [-0.15, -0.1) is 0 Å². The largest absolute Gasteiger partial charge is 0.497 e. The Bertz CT molecular complexity index is 492. The lowest BCUT2D eigenvalue weighted by atomic mass is 10.1. The molecular formula is C11H15NO3S. The predicted molar refractivity (Wildman–Crippen MR) is 64.4 cm³/mol.